The molecule has 2 aromatic rings. The average Bonchev–Trinajstić information content (AvgIpc) is 2.75. The monoisotopic (exact) mass is 482 g/mol. The molecule has 0 unspecified atom stereocenters. The highest BCUT2D eigenvalue weighted by molar-refractivity contribution is 7.99. The highest BCUT2D eigenvalue weighted by Crippen LogP contribution is 2.24. The summed E-state index contributed by atoms with van der Waals surface area (Å²) >= 11 is 1.38. The number of hydrogen-bond acceptors (Lipinski definition) is 6. The molecule has 2 rings (SSSR count). The molecule has 0 radical (unpaired) electrons. The van der Waals surface area contributed by atoms with E-state index in [1.54, 1.807) is 45.0 Å². The summed E-state index contributed by atoms with van der Waals surface area (Å²) in [4.78, 5) is 24.9. The van der Waals surface area contributed by atoms with Crippen molar-refractivity contribution in [1.29, 1.82) is 0 Å². The second-order valence-corrected chi connectivity index (χ2v) is 9.91. The zero-order chi connectivity index (χ0) is 23.7. The summed E-state index contributed by atoms with van der Waals surface area (Å²) < 4.78 is 44.8. The lowest BCUT2D eigenvalue weighted by atomic mass is 10.2. The van der Waals surface area contributed by atoms with Crippen LogP contribution in [0.3, 0.4) is 0 Å². The van der Waals surface area contributed by atoms with E-state index in [1.165, 1.54) is 34.3 Å². The Balaban J connectivity index is 1.87. The molecule has 0 aliphatic carbocycles. The second-order valence-electron chi connectivity index (χ2n) is 6.83. The first-order chi connectivity index (χ1) is 15.2. The molecule has 0 saturated heterocycles. The van der Waals surface area contributed by atoms with Crippen LogP contribution >= 0.6 is 11.8 Å². The van der Waals surface area contributed by atoms with E-state index in [1.807, 2.05) is 0 Å². The predicted molar refractivity (Wildman–Crippen MR) is 123 cm³/mol. The topological polar surface area (TPSA) is 92.8 Å². The van der Waals surface area contributed by atoms with Crippen LogP contribution in [-0.4, -0.2) is 50.0 Å². The SMILES string of the molecule is CCN(CC)S(=O)(=O)c1cc(NC(=O)COC(=O)CCSc2ccc(F)cc2)ccc1C. The Labute approximate surface area is 192 Å². The van der Waals surface area contributed by atoms with Crippen LogP contribution < -0.4 is 5.32 Å². The molecule has 10 heteroatoms. The van der Waals surface area contributed by atoms with Crippen molar-refractivity contribution in [1.82, 2.24) is 4.31 Å². The summed E-state index contributed by atoms with van der Waals surface area (Å²) in [7, 11) is -3.68. The number of ether oxygens (including phenoxy) is 1. The fourth-order valence-corrected chi connectivity index (χ4v) is 5.40. The number of hydrogen-bond donors (Lipinski definition) is 1. The van der Waals surface area contributed by atoms with Gasteiger partial charge in [-0.3, -0.25) is 9.59 Å². The second kappa shape index (κ2) is 12.0. The summed E-state index contributed by atoms with van der Waals surface area (Å²) in [6, 6.07) is 10.5. The van der Waals surface area contributed by atoms with Crippen LogP contribution in [0.1, 0.15) is 25.8 Å². The number of halogens is 1. The van der Waals surface area contributed by atoms with Crippen molar-refractivity contribution in [3.8, 4) is 0 Å². The largest absolute Gasteiger partial charge is 0.456 e. The Morgan fingerprint density at radius 1 is 1.09 bits per heavy atom. The number of esters is 1. The molecular formula is C22H27FN2O5S2. The summed E-state index contributed by atoms with van der Waals surface area (Å²) in [5.74, 6) is -1.01. The van der Waals surface area contributed by atoms with Gasteiger partial charge >= 0.3 is 5.97 Å². The van der Waals surface area contributed by atoms with E-state index in [0.29, 0.717) is 30.1 Å². The molecule has 174 valence electrons. The number of benzene rings is 2. The van der Waals surface area contributed by atoms with Crippen molar-refractivity contribution in [3.05, 3.63) is 53.8 Å². The van der Waals surface area contributed by atoms with Crippen molar-refractivity contribution < 1.29 is 27.1 Å². The number of nitrogens with one attached hydrogen (secondary N) is 1. The van der Waals surface area contributed by atoms with Gasteiger partial charge in [0.05, 0.1) is 11.3 Å². The summed E-state index contributed by atoms with van der Waals surface area (Å²) in [5, 5.41) is 2.56. The number of anilines is 1. The first kappa shape index (κ1) is 25.8. The van der Waals surface area contributed by atoms with Crippen LogP contribution in [0.15, 0.2) is 52.3 Å². The molecule has 1 N–H and O–H groups in total. The Morgan fingerprint density at radius 3 is 2.38 bits per heavy atom. The van der Waals surface area contributed by atoms with Gasteiger partial charge in [0.2, 0.25) is 10.0 Å². The molecule has 0 bridgehead atoms. The lowest BCUT2D eigenvalue weighted by Crippen LogP contribution is -2.31. The maximum Gasteiger partial charge on any atom is 0.307 e. The van der Waals surface area contributed by atoms with E-state index in [4.69, 9.17) is 4.74 Å². The molecule has 0 heterocycles. The number of carbonyl (C=O) groups excluding carboxylic acids is 2. The van der Waals surface area contributed by atoms with Gasteiger partial charge in [0.15, 0.2) is 6.61 Å². The van der Waals surface area contributed by atoms with Crippen LogP contribution in [0.4, 0.5) is 10.1 Å². The summed E-state index contributed by atoms with van der Waals surface area (Å²) in [6.07, 6.45) is 0.0894. The van der Waals surface area contributed by atoms with Crippen LogP contribution in [0.2, 0.25) is 0 Å². The van der Waals surface area contributed by atoms with Crippen LogP contribution in [0.5, 0.6) is 0 Å². The number of aryl methyl sites for hydroxylation is 1. The zero-order valence-electron chi connectivity index (χ0n) is 18.3. The van der Waals surface area contributed by atoms with Gasteiger partial charge in [0, 0.05) is 29.4 Å². The third kappa shape index (κ3) is 7.32. The van der Waals surface area contributed by atoms with Crippen molar-refractivity contribution in [2.24, 2.45) is 0 Å². The number of rotatable bonds is 11. The van der Waals surface area contributed by atoms with Gasteiger partial charge in [-0.2, -0.15) is 4.31 Å². The fraction of sp³-hybridized carbons (Fsp3) is 0.364. The maximum absolute atomic E-state index is 12.9. The highest BCUT2D eigenvalue weighted by Gasteiger charge is 2.24. The van der Waals surface area contributed by atoms with E-state index in [9.17, 15) is 22.4 Å². The number of sulfonamides is 1. The van der Waals surface area contributed by atoms with Gasteiger partial charge in [-0.1, -0.05) is 19.9 Å². The average molecular weight is 483 g/mol. The third-order valence-corrected chi connectivity index (χ3v) is 7.75. The molecule has 0 saturated carbocycles. The smallest absolute Gasteiger partial charge is 0.307 e. The van der Waals surface area contributed by atoms with Gasteiger partial charge in [-0.05, 0) is 48.9 Å². The molecule has 0 aliphatic heterocycles. The predicted octanol–water partition coefficient (Wildman–Crippen LogP) is 3.83. The number of thioether (sulfide) groups is 1. The van der Waals surface area contributed by atoms with E-state index in [2.05, 4.69) is 5.32 Å². The van der Waals surface area contributed by atoms with Crippen LogP contribution in [0.25, 0.3) is 0 Å². The molecule has 0 fully saturated rings. The standard InChI is InChI=1S/C22H27FN2O5S2/c1-4-25(5-2)32(28,29)20-14-18(9-6-16(20)3)24-21(26)15-30-22(27)12-13-31-19-10-7-17(23)8-11-19/h6-11,14H,4-5,12-13,15H2,1-3H3,(H,24,26). The Morgan fingerprint density at radius 2 is 1.75 bits per heavy atom. The van der Waals surface area contributed by atoms with E-state index in [-0.39, 0.29) is 17.1 Å². The lowest BCUT2D eigenvalue weighted by molar-refractivity contribution is -0.146. The molecule has 0 aliphatic rings. The molecular weight excluding hydrogens is 455 g/mol. The van der Waals surface area contributed by atoms with Crippen molar-refractivity contribution in [2.75, 3.05) is 30.8 Å². The Kier molecular flexibility index (Phi) is 9.67. The van der Waals surface area contributed by atoms with Crippen LogP contribution in [0, 0.1) is 12.7 Å². The van der Waals surface area contributed by atoms with E-state index >= 15 is 0 Å². The highest BCUT2D eigenvalue weighted by atomic mass is 32.2. The molecule has 0 spiro atoms. The maximum atomic E-state index is 12.9. The molecule has 0 atom stereocenters. The number of nitrogens with zero attached hydrogens (tertiary/aromatic N) is 1. The minimum absolute atomic E-state index is 0.0894. The fourth-order valence-electron chi connectivity index (χ4n) is 2.86. The minimum atomic E-state index is -3.68. The molecule has 32 heavy (non-hydrogen) atoms. The molecule has 1 amide bonds. The zero-order valence-corrected chi connectivity index (χ0v) is 19.9. The molecule has 0 aromatic heterocycles. The summed E-state index contributed by atoms with van der Waals surface area (Å²) in [6.45, 7) is 5.40. The Hall–Kier alpha value is -2.43. The molecule has 7 nitrogen and oxygen atoms in total. The number of carbonyl (C=O) groups is 2. The van der Waals surface area contributed by atoms with Gasteiger partial charge in [-0.25, -0.2) is 12.8 Å². The van der Waals surface area contributed by atoms with Gasteiger partial charge in [0.1, 0.15) is 5.82 Å². The Bertz CT molecular complexity index is 1040. The van der Waals surface area contributed by atoms with Crippen molar-refractivity contribution >= 4 is 39.3 Å². The van der Waals surface area contributed by atoms with Gasteiger partial charge in [0.25, 0.3) is 5.91 Å². The van der Waals surface area contributed by atoms with E-state index in [0.717, 1.165) is 4.90 Å². The van der Waals surface area contributed by atoms with E-state index < -0.39 is 28.5 Å². The van der Waals surface area contributed by atoms with Crippen molar-refractivity contribution in [3.63, 3.8) is 0 Å². The first-order valence-corrected chi connectivity index (χ1v) is 12.5. The van der Waals surface area contributed by atoms with Gasteiger partial charge < -0.3 is 10.1 Å². The third-order valence-electron chi connectivity index (χ3n) is 4.55. The van der Waals surface area contributed by atoms with Crippen LogP contribution in [-0.2, 0) is 24.3 Å². The molecule has 2 aromatic carbocycles. The van der Waals surface area contributed by atoms with Crippen molar-refractivity contribution in [2.45, 2.75) is 37.0 Å². The minimum Gasteiger partial charge on any atom is -0.456 e. The summed E-state index contributed by atoms with van der Waals surface area (Å²) in [5.41, 5.74) is 0.870. The quantitative estimate of drug-likeness (QED) is 0.387. The van der Waals surface area contributed by atoms with Gasteiger partial charge in [-0.15, -0.1) is 11.8 Å². The first-order valence-electron chi connectivity index (χ1n) is 10.1. The normalized spacial score (nSPS) is 11.4. The number of amides is 1. The lowest BCUT2D eigenvalue weighted by Gasteiger charge is -2.20.